The molecule has 0 bridgehead atoms. The lowest BCUT2D eigenvalue weighted by Gasteiger charge is -1.96. The number of carboxylic acids is 6. The van der Waals surface area contributed by atoms with E-state index in [1.807, 2.05) is 27.7 Å². The van der Waals surface area contributed by atoms with E-state index >= 15 is 0 Å². The molecular formula is C23H44O12. The molecule has 4 atom stereocenters. The molecule has 0 saturated carbocycles. The van der Waals surface area contributed by atoms with Crippen LogP contribution < -0.4 is 0 Å². The van der Waals surface area contributed by atoms with Crippen LogP contribution in [0.5, 0.6) is 0 Å². The van der Waals surface area contributed by atoms with Crippen molar-refractivity contribution < 1.29 is 59.4 Å². The number of rotatable bonds is 10. The van der Waals surface area contributed by atoms with Gasteiger partial charge in [0.1, 0.15) is 6.42 Å². The highest BCUT2D eigenvalue weighted by Crippen LogP contribution is 1.99. The van der Waals surface area contributed by atoms with Gasteiger partial charge in [-0.2, -0.15) is 0 Å². The molecule has 0 aliphatic carbocycles. The summed E-state index contributed by atoms with van der Waals surface area (Å²) in [5, 5.41) is 48.1. The molecule has 0 heterocycles. The topological polar surface area (TPSA) is 224 Å². The van der Waals surface area contributed by atoms with Crippen LogP contribution in [0, 0.1) is 23.7 Å². The van der Waals surface area contributed by atoms with Gasteiger partial charge in [-0.15, -0.1) is 0 Å². The Bertz CT molecular complexity index is 524. The number of hydrogen-bond acceptors (Lipinski definition) is 6. The first-order valence-electron chi connectivity index (χ1n) is 11.2. The summed E-state index contributed by atoms with van der Waals surface area (Å²) in [7, 11) is 0. The lowest BCUT2D eigenvalue weighted by Crippen LogP contribution is -2.06. The maximum absolute atomic E-state index is 9.93. The monoisotopic (exact) mass is 512 g/mol. The molecule has 4 unspecified atom stereocenters. The summed E-state index contributed by atoms with van der Waals surface area (Å²) in [5.41, 5.74) is 0. The van der Waals surface area contributed by atoms with Crippen LogP contribution in [0.1, 0.15) is 87.5 Å². The molecule has 0 spiro atoms. The van der Waals surface area contributed by atoms with Crippen molar-refractivity contribution in [2.75, 3.05) is 0 Å². The zero-order chi connectivity index (χ0) is 29.3. The van der Waals surface area contributed by atoms with E-state index in [0.29, 0.717) is 0 Å². The molecule has 35 heavy (non-hydrogen) atoms. The Kier molecular flexibility index (Phi) is 32.5. The predicted molar refractivity (Wildman–Crippen MR) is 128 cm³/mol. The Morgan fingerprint density at radius 3 is 0.571 bits per heavy atom. The average molecular weight is 513 g/mol. The van der Waals surface area contributed by atoms with Gasteiger partial charge in [-0.05, 0) is 25.7 Å². The van der Waals surface area contributed by atoms with Crippen LogP contribution >= 0.6 is 0 Å². The van der Waals surface area contributed by atoms with Crippen LogP contribution in [-0.4, -0.2) is 66.5 Å². The van der Waals surface area contributed by atoms with Crippen LogP contribution in [0.4, 0.5) is 0 Å². The fourth-order valence-electron chi connectivity index (χ4n) is 0.828. The zero-order valence-electron chi connectivity index (χ0n) is 22.0. The van der Waals surface area contributed by atoms with E-state index < -0.39 is 42.2 Å². The highest BCUT2D eigenvalue weighted by molar-refractivity contribution is 5.88. The SMILES string of the molecule is CCC(C)C(=O)O.CCC(C)C(=O)O.CCC(C)C(=O)O.CCC(C)C(=O)O.O=C(O)CC(=O)O. The second-order valence-electron chi connectivity index (χ2n) is 7.55. The Morgan fingerprint density at radius 2 is 0.571 bits per heavy atom. The third kappa shape index (κ3) is 41.6. The lowest BCUT2D eigenvalue weighted by atomic mass is 10.1. The van der Waals surface area contributed by atoms with Crippen LogP contribution in [0.3, 0.4) is 0 Å². The summed E-state index contributed by atoms with van der Waals surface area (Å²) >= 11 is 0. The van der Waals surface area contributed by atoms with Gasteiger partial charge in [0.2, 0.25) is 0 Å². The molecular weight excluding hydrogens is 468 g/mol. The Balaban J connectivity index is -0.000000107. The Labute approximate surface area is 207 Å². The van der Waals surface area contributed by atoms with Crippen molar-refractivity contribution in [2.45, 2.75) is 87.5 Å². The van der Waals surface area contributed by atoms with E-state index in [1.165, 1.54) is 0 Å². The first kappa shape index (κ1) is 42.0. The smallest absolute Gasteiger partial charge is 0.314 e. The maximum Gasteiger partial charge on any atom is 0.314 e. The summed E-state index contributed by atoms with van der Waals surface area (Å²) in [4.78, 5) is 58.6. The molecule has 0 aromatic carbocycles. The quantitative estimate of drug-likeness (QED) is 0.228. The van der Waals surface area contributed by atoms with E-state index in [2.05, 4.69) is 0 Å². The molecule has 0 aliphatic heterocycles. The molecule has 12 heteroatoms. The first-order valence-corrected chi connectivity index (χ1v) is 11.2. The molecule has 0 rings (SSSR count). The summed E-state index contributed by atoms with van der Waals surface area (Å²) < 4.78 is 0. The first-order chi connectivity index (χ1) is 15.8. The molecule has 0 amide bonds. The van der Waals surface area contributed by atoms with E-state index in [0.717, 1.165) is 25.7 Å². The van der Waals surface area contributed by atoms with Crippen molar-refractivity contribution in [3.05, 3.63) is 0 Å². The van der Waals surface area contributed by atoms with Crippen molar-refractivity contribution >= 4 is 35.8 Å². The van der Waals surface area contributed by atoms with Gasteiger partial charge in [-0.1, -0.05) is 55.4 Å². The van der Waals surface area contributed by atoms with Gasteiger partial charge in [0.05, 0.1) is 23.7 Å². The molecule has 6 N–H and O–H groups in total. The second-order valence-corrected chi connectivity index (χ2v) is 7.55. The van der Waals surface area contributed by atoms with Gasteiger partial charge in [-0.3, -0.25) is 28.8 Å². The van der Waals surface area contributed by atoms with Crippen LogP contribution in [-0.2, 0) is 28.8 Å². The van der Waals surface area contributed by atoms with Crippen molar-refractivity contribution in [1.29, 1.82) is 0 Å². The minimum atomic E-state index is -1.31. The van der Waals surface area contributed by atoms with Crippen molar-refractivity contribution in [1.82, 2.24) is 0 Å². The third-order valence-electron chi connectivity index (χ3n) is 4.44. The number of carbonyl (C=O) groups is 6. The molecule has 12 nitrogen and oxygen atoms in total. The van der Waals surface area contributed by atoms with E-state index in [9.17, 15) is 28.8 Å². The fraction of sp³-hybridized carbons (Fsp3) is 0.739. The lowest BCUT2D eigenvalue weighted by molar-refractivity contribution is -0.147. The molecule has 0 radical (unpaired) electrons. The predicted octanol–water partition coefficient (Wildman–Crippen LogP) is 4.01. The fourth-order valence-corrected chi connectivity index (χ4v) is 0.828. The van der Waals surface area contributed by atoms with Crippen LogP contribution in [0.25, 0.3) is 0 Å². The molecule has 0 aromatic heterocycles. The number of aliphatic carboxylic acids is 6. The maximum atomic E-state index is 9.93. The van der Waals surface area contributed by atoms with Crippen LogP contribution in [0.2, 0.25) is 0 Å². The van der Waals surface area contributed by atoms with Crippen molar-refractivity contribution in [3.63, 3.8) is 0 Å². The highest BCUT2D eigenvalue weighted by atomic mass is 16.4. The standard InChI is InChI=1S/4C5H10O2.C3H4O4/c4*1-3-4(2)5(6)7;4-2(5)1-3(6)7/h4*4H,3H2,1-2H3,(H,6,7);1H2,(H,4,5)(H,6,7). The van der Waals surface area contributed by atoms with E-state index in [4.69, 9.17) is 30.6 Å². The number of carboxylic acid groups (broad SMARTS) is 6. The number of hydrogen-bond donors (Lipinski definition) is 6. The van der Waals surface area contributed by atoms with E-state index in [-0.39, 0.29) is 23.7 Å². The summed E-state index contributed by atoms with van der Waals surface area (Å²) in [5.74, 6) is -6.17. The van der Waals surface area contributed by atoms with E-state index in [1.54, 1.807) is 27.7 Å². The summed E-state index contributed by atoms with van der Waals surface area (Å²) in [6.07, 6.45) is 2.06. The van der Waals surface area contributed by atoms with Gasteiger partial charge in [0.25, 0.3) is 0 Å². The largest absolute Gasteiger partial charge is 0.481 e. The second kappa shape index (κ2) is 27.1. The summed E-state index contributed by atoms with van der Waals surface area (Å²) in [6, 6.07) is 0. The van der Waals surface area contributed by atoms with Gasteiger partial charge in [0, 0.05) is 0 Å². The van der Waals surface area contributed by atoms with Crippen molar-refractivity contribution in [2.24, 2.45) is 23.7 Å². The minimum Gasteiger partial charge on any atom is -0.481 e. The molecule has 0 saturated heterocycles. The highest BCUT2D eigenvalue weighted by Gasteiger charge is 2.06. The summed E-state index contributed by atoms with van der Waals surface area (Å²) in [6.45, 7) is 14.2. The molecule has 0 aliphatic rings. The molecule has 0 aromatic rings. The molecule has 0 fully saturated rings. The van der Waals surface area contributed by atoms with Gasteiger partial charge >= 0.3 is 35.8 Å². The van der Waals surface area contributed by atoms with Gasteiger partial charge in [0.15, 0.2) is 0 Å². The normalized spacial score (nSPS) is 12.3. The minimum absolute atomic E-state index is 0.181. The zero-order valence-corrected chi connectivity index (χ0v) is 22.0. The molecule has 208 valence electrons. The Morgan fingerprint density at radius 1 is 0.429 bits per heavy atom. The third-order valence-corrected chi connectivity index (χ3v) is 4.44. The van der Waals surface area contributed by atoms with Gasteiger partial charge < -0.3 is 30.6 Å². The van der Waals surface area contributed by atoms with Crippen molar-refractivity contribution in [3.8, 4) is 0 Å². The Hall–Kier alpha value is -3.18. The van der Waals surface area contributed by atoms with Gasteiger partial charge in [-0.25, -0.2) is 0 Å². The van der Waals surface area contributed by atoms with Crippen LogP contribution in [0.15, 0.2) is 0 Å². The average Bonchev–Trinajstić information content (AvgIpc) is 2.76.